The van der Waals surface area contributed by atoms with Gasteiger partial charge < -0.3 is 15.0 Å². The number of allylic oxidation sites excluding steroid dienone is 1. The third-order valence-corrected chi connectivity index (χ3v) is 6.13. The van der Waals surface area contributed by atoms with Crippen LogP contribution in [0, 0.1) is 0 Å². The van der Waals surface area contributed by atoms with Crippen molar-refractivity contribution in [3.8, 4) is 5.75 Å². The average Bonchev–Trinajstić information content (AvgIpc) is 3.07. The zero-order valence-electron chi connectivity index (χ0n) is 18.8. The number of benzene rings is 2. The largest absolute Gasteiger partial charge is 0.497 e. The topological polar surface area (TPSA) is 79.0 Å². The van der Waals surface area contributed by atoms with Crippen LogP contribution in [0.2, 0.25) is 0 Å². The first-order chi connectivity index (χ1) is 16.1. The van der Waals surface area contributed by atoms with E-state index in [1.807, 2.05) is 18.2 Å². The summed E-state index contributed by atoms with van der Waals surface area (Å²) in [5.74, 6) is -0.145. The third-order valence-electron chi connectivity index (χ3n) is 6.13. The lowest BCUT2D eigenvalue weighted by molar-refractivity contribution is -0.124. The Labute approximate surface area is 194 Å². The molecule has 1 aliphatic carbocycles. The number of para-hydroxylation sites is 1. The van der Waals surface area contributed by atoms with Crippen molar-refractivity contribution < 1.29 is 19.1 Å². The van der Waals surface area contributed by atoms with Crippen LogP contribution in [0.5, 0.6) is 5.75 Å². The molecule has 0 unspecified atom stereocenters. The van der Waals surface area contributed by atoms with Crippen molar-refractivity contribution in [3.63, 3.8) is 0 Å². The first kappa shape index (κ1) is 22.6. The van der Waals surface area contributed by atoms with E-state index in [-0.39, 0.29) is 12.3 Å². The van der Waals surface area contributed by atoms with Crippen molar-refractivity contribution in [2.24, 2.45) is 0 Å². The number of hydrogen-bond donors (Lipinski definition) is 1. The summed E-state index contributed by atoms with van der Waals surface area (Å²) in [7, 11) is 1.54. The van der Waals surface area contributed by atoms with Crippen LogP contribution in [0.4, 0.5) is 16.2 Å². The molecule has 4 rings (SSSR count). The molecule has 1 heterocycles. The summed E-state index contributed by atoms with van der Waals surface area (Å²) in [4.78, 5) is 42.2. The van der Waals surface area contributed by atoms with Gasteiger partial charge in [0.15, 0.2) is 0 Å². The van der Waals surface area contributed by atoms with Gasteiger partial charge in [0, 0.05) is 18.3 Å². The molecule has 7 heteroatoms. The minimum atomic E-state index is -0.850. The standard InChI is InChI=1S/C26H29N3O4/c1-33-22-14-8-13-21(17-22)29-25(31)23(18-24(30)27-20-11-6-3-7-12-20)28(26(29)32)16-15-19-9-4-2-5-10-19/h3,6-9,11-14,17,23H,2,4-5,10,15-16,18H2,1H3,(H,27,30)/t23-/m1/s1. The summed E-state index contributed by atoms with van der Waals surface area (Å²) in [5, 5.41) is 2.82. The third kappa shape index (κ3) is 5.25. The first-order valence-corrected chi connectivity index (χ1v) is 11.4. The van der Waals surface area contributed by atoms with E-state index < -0.39 is 18.0 Å². The zero-order valence-corrected chi connectivity index (χ0v) is 18.8. The molecular formula is C26H29N3O4. The molecule has 1 N–H and O–H groups in total. The van der Waals surface area contributed by atoms with Crippen LogP contribution >= 0.6 is 0 Å². The molecule has 0 spiro atoms. The number of imide groups is 1. The smallest absolute Gasteiger partial charge is 0.332 e. The minimum absolute atomic E-state index is 0.0982. The minimum Gasteiger partial charge on any atom is -0.497 e. The number of nitrogens with zero attached hydrogens (tertiary/aromatic N) is 2. The molecule has 0 saturated carbocycles. The molecule has 1 fully saturated rings. The van der Waals surface area contributed by atoms with E-state index >= 15 is 0 Å². The molecular weight excluding hydrogens is 418 g/mol. The fourth-order valence-electron chi connectivity index (χ4n) is 4.38. The number of urea groups is 1. The van der Waals surface area contributed by atoms with E-state index in [4.69, 9.17) is 4.74 Å². The molecule has 7 nitrogen and oxygen atoms in total. The van der Waals surface area contributed by atoms with Gasteiger partial charge in [0.1, 0.15) is 11.8 Å². The van der Waals surface area contributed by atoms with Crippen molar-refractivity contribution in [2.75, 3.05) is 23.9 Å². The summed E-state index contributed by atoms with van der Waals surface area (Å²) < 4.78 is 5.26. The predicted octanol–water partition coefficient (Wildman–Crippen LogP) is 4.75. The number of nitrogens with one attached hydrogen (secondary N) is 1. The van der Waals surface area contributed by atoms with Gasteiger partial charge in [-0.1, -0.05) is 35.9 Å². The fraction of sp³-hybridized carbons (Fsp3) is 0.346. The van der Waals surface area contributed by atoms with E-state index in [9.17, 15) is 14.4 Å². The number of anilines is 2. The van der Waals surface area contributed by atoms with Gasteiger partial charge in [-0.25, -0.2) is 9.69 Å². The highest BCUT2D eigenvalue weighted by molar-refractivity contribution is 6.22. The van der Waals surface area contributed by atoms with Crippen LogP contribution < -0.4 is 15.0 Å². The van der Waals surface area contributed by atoms with Gasteiger partial charge >= 0.3 is 6.03 Å². The molecule has 172 valence electrons. The lowest BCUT2D eigenvalue weighted by atomic mass is 9.97. The molecule has 0 radical (unpaired) electrons. The highest BCUT2D eigenvalue weighted by Crippen LogP contribution is 2.30. The van der Waals surface area contributed by atoms with Crippen molar-refractivity contribution in [1.29, 1.82) is 0 Å². The maximum absolute atomic E-state index is 13.4. The Kier molecular flexibility index (Phi) is 7.07. The highest BCUT2D eigenvalue weighted by atomic mass is 16.5. The number of amides is 4. The van der Waals surface area contributed by atoms with Gasteiger partial charge in [0.25, 0.3) is 5.91 Å². The second-order valence-corrected chi connectivity index (χ2v) is 8.34. The summed E-state index contributed by atoms with van der Waals surface area (Å²) in [6.07, 6.45) is 7.27. The first-order valence-electron chi connectivity index (χ1n) is 11.4. The van der Waals surface area contributed by atoms with E-state index in [0.717, 1.165) is 24.2 Å². The van der Waals surface area contributed by atoms with Crippen LogP contribution in [0.25, 0.3) is 0 Å². The Morgan fingerprint density at radius 3 is 2.64 bits per heavy atom. The molecule has 0 bridgehead atoms. The number of methoxy groups -OCH3 is 1. The van der Waals surface area contributed by atoms with Crippen molar-refractivity contribution >= 4 is 29.2 Å². The summed E-state index contributed by atoms with van der Waals surface area (Å²) in [5.41, 5.74) is 2.41. The molecule has 1 aliphatic heterocycles. The van der Waals surface area contributed by atoms with E-state index in [0.29, 0.717) is 30.1 Å². The van der Waals surface area contributed by atoms with Crippen molar-refractivity contribution in [3.05, 3.63) is 66.2 Å². The Hall–Kier alpha value is -3.61. The molecule has 4 amide bonds. The molecule has 2 aromatic carbocycles. The molecule has 1 atom stereocenters. The fourth-order valence-corrected chi connectivity index (χ4v) is 4.38. The van der Waals surface area contributed by atoms with E-state index in [1.165, 1.54) is 19.1 Å². The van der Waals surface area contributed by atoms with Crippen LogP contribution in [-0.2, 0) is 9.59 Å². The van der Waals surface area contributed by atoms with Crippen LogP contribution in [0.15, 0.2) is 66.2 Å². The second-order valence-electron chi connectivity index (χ2n) is 8.34. The molecule has 2 aliphatic rings. The second kappa shape index (κ2) is 10.3. The van der Waals surface area contributed by atoms with Crippen molar-refractivity contribution in [1.82, 2.24) is 4.90 Å². The predicted molar refractivity (Wildman–Crippen MR) is 127 cm³/mol. The SMILES string of the molecule is COc1cccc(N2C(=O)[C@@H](CC(=O)Nc3ccccc3)N(CCC3=CCCCC3)C2=O)c1. The number of rotatable bonds is 8. The molecule has 33 heavy (non-hydrogen) atoms. The zero-order chi connectivity index (χ0) is 23.2. The van der Waals surface area contributed by atoms with Gasteiger partial charge in [-0.05, 0) is 56.4 Å². The Balaban J connectivity index is 1.55. The Bertz CT molecular complexity index is 1050. The quantitative estimate of drug-likeness (QED) is 0.468. The lowest BCUT2D eigenvalue weighted by Crippen LogP contribution is -2.38. The summed E-state index contributed by atoms with van der Waals surface area (Å²) in [6.45, 7) is 0.403. The van der Waals surface area contributed by atoms with Crippen LogP contribution in [0.1, 0.15) is 38.5 Å². The maximum atomic E-state index is 13.4. The van der Waals surface area contributed by atoms with Crippen LogP contribution in [-0.4, -0.2) is 42.4 Å². The molecule has 1 saturated heterocycles. The van der Waals surface area contributed by atoms with Crippen LogP contribution in [0.3, 0.4) is 0 Å². The number of hydrogen-bond acceptors (Lipinski definition) is 4. The van der Waals surface area contributed by atoms with Crippen molar-refractivity contribution in [2.45, 2.75) is 44.6 Å². The van der Waals surface area contributed by atoms with E-state index in [1.54, 1.807) is 41.3 Å². The van der Waals surface area contributed by atoms with Gasteiger partial charge in [-0.3, -0.25) is 9.59 Å². The average molecular weight is 448 g/mol. The summed E-state index contributed by atoms with van der Waals surface area (Å²) >= 11 is 0. The summed E-state index contributed by atoms with van der Waals surface area (Å²) in [6, 6.07) is 14.7. The van der Waals surface area contributed by atoms with Gasteiger partial charge in [0.05, 0.1) is 19.2 Å². The van der Waals surface area contributed by atoms with Gasteiger partial charge in [-0.2, -0.15) is 0 Å². The number of ether oxygens (including phenoxy) is 1. The lowest BCUT2D eigenvalue weighted by Gasteiger charge is -2.23. The van der Waals surface area contributed by atoms with Gasteiger partial charge in [-0.15, -0.1) is 0 Å². The van der Waals surface area contributed by atoms with E-state index in [2.05, 4.69) is 11.4 Å². The Morgan fingerprint density at radius 1 is 1.09 bits per heavy atom. The molecule has 0 aromatic heterocycles. The monoisotopic (exact) mass is 447 g/mol. The van der Waals surface area contributed by atoms with Gasteiger partial charge in [0.2, 0.25) is 5.91 Å². The Morgan fingerprint density at radius 2 is 1.91 bits per heavy atom. The number of carbonyl (C=O) groups is 3. The normalized spacial score (nSPS) is 18.3. The maximum Gasteiger partial charge on any atom is 0.332 e. The molecule has 2 aromatic rings. The highest BCUT2D eigenvalue weighted by Gasteiger charge is 2.46. The number of carbonyl (C=O) groups excluding carboxylic acids is 3.